The number of halogens is 1. The van der Waals surface area contributed by atoms with Crippen LogP contribution in [0.4, 0.5) is 4.39 Å². The molecule has 5 aliphatic heterocycles. The van der Waals surface area contributed by atoms with Gasteiger partial charge in [-0.15, -0.1) is 5.10 Å². The Morgan fingerprint density at radius 1 is 0.718 bits per heavy atom. The second-order valence-electron chi connectivity index (χ2n) is 31.6. The molecule has 0 aliphatic carbocycles. The molecule has 10 atom stereocenters. The fraction of sp³-hybridized carbons (Fsp3) is 0.506. The number of likely N-dealkylation sites (N-methyl/N-ethyl adjacent to an activating group) is 1. The third kappa shape index (κ3) is 23.6. The van der Waals surface area contributed by atoms with Crippen molar-refractivity contribution in [3.8, 4) is 5.75 Å². The zero-order chi connectivity index (χ0) is 83.0. The van der Waals surface area contributed by atoms with Gasteiger partial charge in [-0.05, 0) is 129 Å². The Balaban J connectivity index is 0.0000144. The molecule has 4 aromatic carbocycles. The quantitative estimate of drug-likeness (QED) is 0.0384. The maximum Gasteiger partial charge on any atom is 0.246 e. The first-order chi connectivity index (χ1) is 55.5. The van der Waals surface area contributed by atoms with Gasteiger partial charge in [-0.1, -0.05) is 59.8 Å². The van der Waals surface area contributed by atoms with Crippen LogP contribution in [0.2, 0.25) is 0 Å². The standard InChI is InChI=1S/C82H105FN16O17.CH3/c1-49-75(106)91-65(43-87-70(103)24-30-114-32-33-115-31-29-99(4,5)6)76(107)89-63-37-53-10-8-11-54(34-53)41-85-72(105)48-116-68-23-28-97-74(68)78(109)92-73(50(2)100)77(108)90-64(36-51-13-17-61(113-7)18-14-51)80(111)98-27-9-25-82(98,3)81(112)84-26-22-52-12-15-55(42-86-69(102)20-21-71(104)88-49)57(35-52)45-96-47-60(93-94-96)46-95-44-58(38-56(79(97)110)39-67(63)101)62-40-59(83)16-19-66(62)95;/h8,10-19,34-35,40,44,47,49-50,56,63-65,68,73-74,100H,9,20-33,36-39,41-43,45-46,48H2,1-7H3,(H8-,84,85,86,87,88,89,90,91,92,102,103,104,105,106,107,108,109,112);1H3/q;-1/p+1/t49-,50+,56+,63-,64-,65+,68-,73-,74-,82-;/m0./s1. The van der Waals surface area contributed by atoms with Gasteiger partial charge in [0, 0.05) is 94.4 Å². The molecule has 0 radical (unpaired) electrons. The Kier molecular flexibility index (Phi) is 30.3. The minimum absolute atomic E-state index is 0. The van der Waals surface area contributed by atoms with Crippen molar-refractivity contribution in [3.05, 3.63) is 155 Å². The van der Waals surface area contributed by atoms with E-state index in [9.17, 15) is 33.9 Å². The highest BCUT2D eigenvalue weighted by Crippen LogP contribution is 2.34. The molecule has 11 rings (SSSR count). The Labute approximate surface area is 678 Å². The molecule has 34 heteroatoms. The van der Waals surface area contributed by atoms with E-state index in [-0.39, 0.29) is 131 Å². The first-order valence-electron chi connectivity index (χ1n) is 39.4. The first kappa shape index (κ1) is 88.3. The van der Waals surface area contributed by atoms with E-state index >= 15 is 33.2 Å². The molecule has 13 bridgehead atoms. The number of hydrogen-bond acceptors (Lipinski definition) is 19. The monoisotopic (exact) mass is 1620 g/mol. The predicted molar refractivity (Wildman–Crippen MR) is 425 cm³/mol. The smallest absolute Gasteiger partial charge is 0.246 e. The van der Waals surface area contributed by atoms with Crippen molar-refractivity contribution in [2.24, 2.45) is 5.92 Å². The highest BCUT2D eigenvalue weighted by Gasteiger charge is 2.50. The van der Waals surface area contributed by atoms with E-state index in [1.165, 1.54) is 38.0 Å². The Hall–Kier alpha value is -11.1. The van der Waals surface area contributed by atoms with Crippen molar-refractivity contribution in [3.63, 3.8) is 0 Å². The number of nitrogens with one attached hydrogen (secondary N) is 9. The van der Waals surface area contributed by atoms with Crippen LogP contribution in [0.1, 0.15) is 110 Å². The number of benzene rings is 4. The van der Waals surface area contributed by atoms with Gasteiger partial charge in [0.2, 0.25) is 65.0 Å². The highest BCUT2D eigenvalue weighted by atomic mass is 19.1. The van der Waals surface area contributed by atoms with Gasteiger partial charge >= 0.3 is 0 Å². The number of rotatable bonds is 15. The van der Waals surface area contributed by atoms with Crippen molar-refractivity contribution in [2.75, 3.05) is 94.0 Å². The minimum Gasteiger partial charge on any atom is -0.497 e. The number of carbonyl (C=O) groups is 12. The van der Waals surface area contributed by atoms with Gasteiger partial charge in [-0.2, -0.15) is 0 Å². The molecule has 7 heterocycles. The van der Waals surface area contributed by atoms with Crippen LogP contribution in [0.5, 0.6) is 5.75 Å². The Morgan fingerprint density at radius 2 is 1.46 bits per heavy atom. The lowest BCUT2D eigenvalue weighted by Crippen LogP contribution is -2.63. The molecule has 6 aromatic rings. The molecule has 33 nitrogen and oxygen atoms in total. The molecule has 2 saturated heterocycles. The summed E-state index contributed by atoms with van der Waals surface area (Å²) in [5, 5.41) is 46.0. The number of aliphatic hydroxyl groups excluding tert-OH is 1. The third-order valence-corrected chi connectivity index (χ3v) is 21.7. The molecule has 0 unspecified atom stereocenters. The van der Waals surface area contributed by atoms with Crippen LogP contribution in [0.3, 0.4) is 0 Å². The van der Waals surface area contributed by atoms with E-state index in [2.05, 4.69) is 58.2 Å². The summed E-state index contributed by atoms with van der Waals surface area (Å²) in [7, 11) is 7.58. The van der Waals surface area contributed by atoms with Crippen LogP contribution in [0.25, 0.3) is 10.9 Å². The van der Waals surface area contributed by atoms with Crippen LogP contribution >= 0.6 is 0 Å². The van der Waals surface area contributed by atoms with Crippen LogP contribution in [0.15, 0.2) is 97.3 Å². The molecule has 0 spiro atoms. The second kappa shape index (κ2) is 40.2. The maximum atomic E-state index is 16.4. The lowest BCUT2D eigenvalue weighted by atomic mass is 9.88. The molecule has 10 N–H and O–H groups in total. The van der Waals surface area contributed by atoms with Crippen LogP contribution in [0, 0.1) is 19.2 Å². The third-order valence-electron chi connectivity index (χ3n) is 21.7. The number of quaternary nitrogens is 1. The summed E-state index contributed by atoms with van der Waals surface area (Å²) >= 11 is 0. The van der Waals surface area contributed by atoms with E-state index in [1.54, 1.807) is 83.2 Å². The van der Waals surface area contributed by atoms with Crippen molar-refractivity contribution >= 4 is 81.7 Å². The summed E-state index contributed by atoms with van der Waals surface area (Å²) in [4.78, 5) is 181. The average molecular weight is 1620 g/mol. The van der Waals surface area contributed by atoms with E-state index < -0.39 is 156 Å². The summed E-state index contributed by atoms with van der Waals surface area (Å²) < 4.78 is 43.1. The zero-order valence-corrected chi connectivity index (χ0v) is 67.6. The molecule has 0 saturated carbocycles. The van der Waals surface area contributed by atoms with Gasteiger partial charge in [0.1, 0.15) is 66.2 Å². The van der Waals surface area contributed by atoms with Crippen LogP contribution in [-0.2, 0) is 124 Å². The topological polar surface area (TPSA) is 412 Å². The zero-order valence-electron chi connectivity index (χ0n) is 67.6. The summed E-state index contributed by atoms with van der Waals surface area (Å²) in [6.07, 6.45) is -1.20. The average Bonchev–Trinajstić information content (AvgIpc) is 1.65. The SMILES string of the molecule is COc1ccc(C[C@@H]2NC(=O)[C@H]([C@@H](C)O)NC(=O)[C@@H]3[C@@H]4CCN3C(=O)[C@H]3CC(=O)[C@H](Cc5cccc(c5)CNC(=O)CO4)NC(=O)[C@@H](CNC(=O)CCOCCOCC[N+](C)(C)C)NC(=O)[C@H](C)NC(=O)CCC(=O)NCc4ccc(cc4Cn4cc(nn4)Cn4cc(c5cc(F)ccc54)C3)CCNC(=O)[C@]3(C)CCCN3C2=O)cc1.[CH3-]. The Morgan fingerprint density at radius 3 is 2.22 bits per heavy atom. The van der Waals surface area contributed by atoms with Gasteiger partial charge in [-0.25, -0.2) is 9.07 Å². The molecule has 2 aromatic heterocycles. The fourth-order valence-corrected chi connectivity index (χ4v) is 15.2. The highest BCUT2D eigenvalue weighted by molar-refractivity contribution is 6.00. The Bertz CT molecular complexity index is 4600. The normalized spacial score (nSPS) is 23.8. The largest absolute Gasteiger partial charge is 0.497 e. The maximum absolute atomic E-state index is 16.4. The number of Topliss-reactive ketones (excluding diaryl/α,β-unsaturated/α-hetero) is 1. The first-order valence-corrected chi connectivity index (χ1v) is 39.4. The van der Waals surface area contributed by atoms with Crippen molar-refractivity contribution in [2.45, 2.75) is 172 Å². The number of carbonyl (C=O) groups excluding carboxylic acids is 12. The van der Waals surface area contributed by atoms with Crippen molar-refractivity contribution < 1.29 is 90.5 Å². The second-order valence-corrected chi connectivity index (χ2v) is 31.6. The van der Waals surface area contributed by atoms with E-state index in [0.717, 1.165) is 17.0 Å². The number of aromatic nitrogens is 4. The predicted octanol–water partition coefficient (Wildman–Crippen LogP) is 0.680. The summed E-state index contributed by atoms with van der Waals surface area (Å²) in [6.45, 7) is 4.58. The number of ether oxygens (including phenoxy) is 4. The van der Waals surface area contributed by atoms with Crippen molar-refractivity contribution in [1.29, 1.82) is 0 Å². The van der Waals surface area contributed by atoms with Gasteiger partial charge in [-0.3, -0.25) is 57.5 Å². The molecule has 117 heavy (non-hydrogen) atoms. The van der Waals surface area contributed by atoms with Gasteiger partial charge in [0.05, 0.1) is 92.2 Å². The van der Waals surface area contributed by atoms with Crippen LogP contribution < -0.4 is 52.6 Å². The number of ketones is 1. The summed E-state index contributed by atoms with van der Waals surface area (Å²) in [5.41, 5.74) is 3.40. The number of amides is 11. The van der Waals surface area contributed by atoms with Crippen molar-refractivity contribution in [1.82, 2.24) is 77.2 Å². The van der Waals surface area contributed by atoms with Gasteiger partial charge in [0.15, 0.2) is 5.78 Å². The molecule has 11 amide bonds. The molecule has 5 aliphatic rings. The molecule has 630 valence electrons. The lowest BCUT2D eigenvalue weighted by molar-refractivity contribution is -0.870. The molecule has 2 fully saturated rings. The lowest BCUT2D eigenvalue weighted by Gasteiger charge is -2.37. The number of fused-ring (bicyclic) bond motifs is 7. The number of methoxy groups -OCH3 is 1. The van der Waals surface area contributed by atoms with Gasteiger partial charge in [0.25, 0.3) is 0 Å². The fourth-order valence-electron chi connectivity index (χ4n) is 15.2. The number of nitrogens with zero attached hydrogens (tertiary/aromatic N) is 7. The number of aliphatic hydroxyl groups is 1. The van der Waals surface area contributed by atoms with E-state index in [0.29, 0.717) is 73.2 Å². The van der Waals surface area contributed by atoms with Crippen LogP contribution in [-0.4, -0.2) is 258 Å². The summed E-state index contributed by atoms with van der Waals surface area (Å²) in [6, 6.07) is 13.4. The summed E-state index contributed by atoms with van der Waals surface area (Å²) in [5.74, 6) is -10.9. The number of hydrogen-bond donors (Lipinski definition) is 10. The van der Waals surface area contributed by atoms with E-state index in [4.69, 9.17) is 18.9 Å². The molecular formula is C83H109FN16O17. The molecular weight excluding hydrogens is 1510 g/mol. The van der Waals surface area contributed by atoms with Gasteiger partial charge < -0.3 is 98.2 Å². The van der Waals surface area contributed by atoms with E-state index in [1.807, 2.05) is 39.3 Å². The minimum atomic E-state index is -1.87.